The fourth-order valence-corrected chi connectivity index (χ4v) is 3.21. The molecule has 1 fully saturated rings. The van der Waals surface area contributed by atoms with Crippen molar-refractivity contribution in [2.75, 3.05) is 51.8 Å². The Hall–Kier alpha value is -2.60. The molecular formula is C20H27N5O. The van der Waals surface area contributed by atoms with E-state index in [0.29, 0.717) is 6.54 Å². The lowest BCUT2D eigenvalue weighted by molar-refractivity contribution is 0.105. The first-order valence-corrected chi connectivity index (χ1v) is 9.01. The van der Waals surface area contributed by atoms with Crippen LogP contribution in [0.4, 0.5) is 5.82 Å². The van der Waals surface area contributed by atoms with Gasteiger partial charge in [0.2, 0.25) is 0 Å². The van der Waals surface area contributed by atoms with Crippen LogP contribution in [0.5, 0.6) is 0 Å². The normalized spacial score (nSPS) is 16.5. The average molecular weight is 353 g/mol. The smallest absolute Gasteiger partial charge is 0.193 e. The van der Waals surface area contributed by atoms with E-state index in [1.165, 1.54) is 0 Å². The Morgan fingerprint density at radius 2 is 1.85 bits per heavy atom. The van der Waals surface area contributed by atoms with Crippen molar-refractivity contribution in [1.82, 2.24) is 15.2 Å². The highest BCUT2D eigenvalue weighted by atomic mass is 16.5. The maximum Gasteiger partial charge on any atom is 0.193 e. The van der Waals surface area contributed by atoms with Crippen LogP contribution < -0.4 is 10.2 Å². The number of piperazine rings is 1. The number of pyridine rings is 1. The Labute approximate surface area is 155 Å². The van der Waals surface area contributed by atoms with Gasteiger partial charge in [0.25, 0.3) is 0 Å². The summed E-state index contributed by atoms with van der Waals surface area (Å²) in [5.74, 6) is 1.96. The minimum atomic E-state index is 0.00255. The van der Waals surface area contributed by atoms with Crippen molar-refractivity contribution in [3.05, 3.63) is 60.3 Å². The molecule has 0 amide bonds. The first-order chi connectivity index (χ1) is 12.8. The van der Waals surface area contributed by atoms with Crippen molar-refractivity contribution in [3.8, 4) is 0 Å². The van der Waals surface area contributed by atoms with Crippen LogP contribution in [0.1, 0.15) is 11.7 Å². The van der Waals surface area contributed by atoms with Crippen molar-refractivity contribution in [1.29, 1.82) is 0 Å². The fraction of sp³-hybridized carbons (Fsp3) is 0.400. The van der Waals surface area contributed by atoms with Gasteiger partial charge in [-0.15, -0.1) is 0 Å². The summed E-state index contributed by atoms with van der Waals surface area (Å²) in [6.45, 7) is 4.39. The van der Waals surface area contributed by atoms with E-state index in [1.807, 2.05) is 43.6 Å². The Kier molecular flexibility index (Phi) is 6.44. The van der Waals surface area contributed by atoms with Gasteiger partial charge in [0.05, 0.1) is 6.10 Å². The first-order valence-electron chi connectivity index (χ1n) is 9.01. The molecule has 0 aliphatic carbocycles. The van der Waals surface area contributed by atoms with Crippen molar-refractivity contribution in [3.63, 3.8) is 0 Å². The molecule has 1 aromatic carbocycles. The molecule has 2 heterocycles. The molecule has 138 valence electrons. The van der Waals surface area contributed by atoms with Crippen LogP contribution in [0.15, 0.2) is 59.7 Å². The molecule has 0 bridgehead atoms. The minimum absolute atomic E-state index is 0.00255. The third-order valence-corrected chi connectivity index (χ3v) is 4.67. The number of guanidine groups is 1. The number of benzene rings is 1. The molecule has 1 atom stereocenters. The molecule has 1 aliphatic rings. The number of hydrogen-bond donors (Lipinski definition) is 1. The second kappa shape index (κ2) is 9.20. The van der Waals surface area contributed by atoms with Gasteiger partial charge in [0, 0.05) is 53.1 Å². The lowest BCUT2D eigenvalue weighted by Gasteiger charge is -2.37. The molecule has 1 aromatic heterocycles. The van der Waals surface area contributed by atoms with E-state index in [2.05, 4.69) is 43.3 Å². The number of nitrogens with one attached hydrogen (secondary N) is 1. The van der Waals surface area contributed by atoms with Crippen molar-refractivity contribution in [2.45, 2.75) is 6.10 Å². The maximum atomic E-state index is 5.64. The monoisotopic (exact) mass is 353 g/mol. The zero-order valence-corrected chi connectivity index (χ0v) is 15.5. The van der Waals surface area contributed by atoms with E-state index in [-0.39, 0.29) is 6.10 Å². The van der Waals surface area contributed by atoms with Gasteiger partial charge in [-0.3, -0.25) is 4.99 Å². The van der Waals surface area contributed by atoms with E-state index in [1.54, 1.807) is 7.11 Å². The third-order valence-electron chi connectivity index (χ3n) is 4.67. The molecule has 3 rings (SSSR count). The molecule has 1 saturated heterocycles. The Morgan fingerprint density at radius 3 is 2.46 bits per heavy atom. The number of nitrogens with zero attached hydrogens (tertiary/aromatic N) is 4. The summed E-state index contributed by atoms with van der Waals surface area (Å²) in [5.41, 5.74) is 1.16. The summed E-state index contributed by atoms with van der Waals surface area (Å²) < 4.78 is 5.64. The number of aliphatic imine (C=N–C) groups is 1. The van der Waals surface area contributed by atoms with Crippen LogP contribution in [0.2, 0.25) is 0 Å². The second-order valence-electron chi connectivity index (χ2n) is 6.23. The first kappa shape index (κ1) is 18.2. The van der Waals surface area contributed by atoms with Gasteiger partial charge in [-0.1, -0.05) is 36.4 Å². The van der Waals surface area contributed by atoms with E-state index in [9.17, 15) is 0 Å². The Bertz CT molecular complexity index is 684. The molecule has 6 nitrogen and oxygen atoms in total. The van der Waals surface area contributed by atoms with Crippen LogP contribution in [-0.2, 0) is 4.74 Å². The summed E-state index contributed by atoms with van der Waals surface area (Å²) in [4.78, 5) is 13.5. The predicted molar refractivity (Wildman–Crippen MR) is 106 cm³/mol. The SMILES string of the molecule is CN=C(NCC(OC)c1ccccc1)N1CCN(c2ccccn2)CC1. The van der Waals surface area contributed by atoms with Crippen LogP contribution in [-0.4, -0.2) is 62.7 Å². The van der Waals surface area contributed by atoms with Gasteiger partial charge in [-0.2, -0.15) is 0 Å². The summed E-state index contributed by atoms with van der Waals surface area (Å²) >= 11 is 0. The van der Waals surface area contributed by atoms with Crippen LogP contribution in [0.3, 0.4) is 0 Å². The molecule has 6 heteroatoms. The second-order valence-corrected chi connectivity index (χ2v) is 6.23. The fourth-order valence-electron chi connectivity index (χ4n) is 3.21. The molecule has 1 unspecified atom stereocenters. The lowest BCUT2D eigenvalue weighted by atomic mass is 10.1. The molecular weight excluding hydrogens is 326 g/mol. The highest BCUT2D eigenvalue weighted by molar-refractivity contribution is 5.80. The van der Waals surface area contributed by atoms with Crippen molar-refractivity contribution >= 4 is 11.8 Å². The molecule has 1 aliphatic heterocycles. The van der Waals surface area contributed by atoms with Gasteiger partial charge in [0.15, 0.2) is 5.96 Å². The summed E-state index contributed by atoms with van der Waals surface area (Å²) in [6.07, 6.45) is 1.85. The van der Waals surface area contributed by atoms with E-state index >= 15 is 0 Å². The molecule has 0 saturated carbocycles. The van der Waals surface area contributed by atoms with Crippen LogP contribution in [0.25, 0.3) is 0 Å². The van der Waals surface area contributed by atoms with Crippen LogP contribution in [0, 0.1) is 0 Å². The van der Waals surface area contributed by atoms with Crippen molar-refractivity contribution < 1.29 is 4.74 Å². The van der Waals surface area contributed by atoms with E-state index < -0.39 is 0 Å². The third kappa shape index (κ3) is 4.52. The summed E-state index contributed by atoms with van der Waals surface area (Å²) in [7, 11) is 3.57. The topological polar surface area (TPSA) is 53.0 Å². The standard InChI is InChI=1S/C20H27N5O/c1-21-20(23-16-18(26-2)17-8-4-3-5-9-17)25-14-12-24(13-15-25)19-10-6-7-11-22-19/h3-11,18H,12-16H2,1-2H3,(H,21,23). The average Bonchev–Trinajstić information content (AvgIpc) is 2.73. The Morgan fingerprint density at radius 1 is 1.12 bits per heavy atom. The van der Waals surface area contributed by atoms with Gasteiger partial charge < -0.3 is 19.9 Å². The van der Waals surface area contributed by atoms with E-state index in [4.69, 9.17) is 4.74 Å². The predicted octanol–water partition coefficient (Wildman–Crippen LogP) is 2.17. The molecule has 2 aromatic rings. The number of rotatable bonds is 5. The number of ether oxygens (including phenoxy) is 1. The van der Waals surface area contributed by atoms with Crippen LogP contribution >= 0.6 is 0 Å². The summed E-state index contributed by atoms with van der Waals surface area (Å²) in [6, 6.07) is 16.3. The molecule has 1 N–H and O–H groups in total. The van der Waals surface area contributed by atoms with Gasteiger partial charge >= 0.3 is 0 Å². The Balaban J connectivity index is 1.53. The number of hydrogen-bond acceptors (Lipinski definition) is 4. The zero-order chi connectivity index (χ0) is 18.2. The molecule has 26 heavy (non-hydrogen) atoms. The van der Waals surface area contributed by atoms with Gasteiger partial charge in [-0.25, -0.2) is 4.98 Å². The zero-order valence-electron chi connectivity index (χ0n) is 15.5. The van der Waals surface area contributed by atoms with E-state index in [0.717, 1.165) is 43.5 Å². The number of aromatic nitrogens is 1. The van der Waals surface area contributed by atoms with Crippen molar-refractivity contribution in [2.24, 2.45) is 4.99 Å². The summed E-state index contributed by atoms with van der Waals surface area (Å²) in [5, 5.41) is 3.46. The van der Waals surface area contributed by atoms with Gasteiger partial charge in [-0.05, 0) is 17.7 Å². The number of methoxy groups -OCH3 is 1. The molecule has 0 radical (unpaired) electrons. The highest BCUT2D eigenvalue weighted by Crippen LogP contribution is 2.16. The molecule has 0 spiro atoms. The van der Waals surface area contributed by atoms with Gasteiger partial charge in [0.1, 0.15) is 5.82 Å². The minimum Gasteiger partial charge on any atom is -0.375 e. The number of anilines is 1. The lowest BCUT2D eigenvalue weighted by Crippen LogP contribution is -2.53. The quantitative estimate of drug-likeness (QED) is 0.659. The maximum absolute atomic E-state index is 5.64. The highest BCUT2D eigenvalue weighted by Gasteiger charge is 2.21. The largest absolute Gasteiger partial charge is 0.375 e.